The fourth-order valence-electron chi connectivity index (χ4n) is 4.16. The standard InChI is InChI=1S/C23H29B3N8O5/c1-38-19-13(20-29-17(39-33-20)10-34-8-12(35)9-34)3-2-4-14(19)27-15-7-16(28-21(36)11-5-6-11)31-32-18(15)22(37)30-23(24,25)26/h2-4,7,11-12,35H,5-6,8-10,24-26H2,1H3,(H,30,37)(H2,27,28,31,36). The molecule has 1 aliphatic carbocycles. The molecule has 1 saturated carbocycles. The van der Waals surface area contributed by atoms with E-state index >= 15 is 0 Å². The molecule has 1 saturated heterocycles. The topological polar surface area (TPSA) is 168 Å². The van der Waals surface area contributed by atoms with Gasteiger partial charge in [-0.1, -0.05) is 11.2 Å². The summed E-state index contributed by atoms with van der Waals surface area (Å²) in [5.74, 6) is 0.849. The fourth-order valence-corrected chi connectivity index (χ4v) is 4.16. The predicted molar refractivity (Wildman–Crippen MR) is 150 cm³/mol. The van der Waals surface area contributed by atoms with Gasteiger partial charge in [-0.05, 0) is 30.2 Å². The number of hydrogen-bond acceptors (Lipinski definition) is 11. The molecule has 2 amide bonds. The van der Waals surface area contributed by atoms with E-state index in [4.69, 9.17) is 9.26 Å². The van der Waals surface area contributed by atoms with Crippen molar-refractivity contribution in [2.45, 2.75) is 30.7 Å². The number of β-amino-alcohol motifs (C(OH)–C–C–N with tert-alkyl or cyclic N) is 1. The molecule has 0 spiro atoms. The SMILES string of the molecule is BC(B)(B)NC(=O)c1nnc(NC(=O)C2CC2)cc1Nc1cccc(-c2noc(CN3CC(O)C3)n2)c1OC. The average molecular weight is 530 g/mol. The molecule has 0 bridgehead atoms. The largest absolute Gasteiger partial charge is 0.494 e. The third-order valence-corrected chi connectivity index (χ3v) is 6.19. The van der Waals surface area contributed by atoms with Crippen LogP contribution < -0.4 is 20.7 Å². The van der Waals surface area contributed by atoms with Crippen molar-refractivity contribution in [2.75, 3.05) is 30.8 Å². The maximum absolute atomic E-state index is 13.1. The monoisotopic (exact) mass is 530 g/mol. The molecule has 2 fully saturated rings. The lowest BCUT2D eigenvalue weighted by atomic mass is 9.49. The number of likely N-dealkylation sites (tertiary alicyclic amines) is 1. The van der Waals surface area contributed by atoms with Crippen LogP contribution in [0.4, 0.5) is 17.2 Å². The van der Waals surface area contributed by atoms with Crippen LogP contribution in [0.1, 0.15) is 29.2 Å². The van der Waals surface area contributed by atoms with Crippen LogP contribution in [0.2, 0.25) is 0 Å². The normalized spacial score (nSPS) is 15.8. The summed E-state index contributed by atoms with van der Waals surface area (Å²) in [6, 6.07) is 6.94. The lowest BCUT2D eigenvalue weighted by Crippen LogP contribution is -2.50. The van der Waals surface area contributed by atoms with Gasteiger partial charge in [0.05, 0.1) is 36.7 Å². The van der Waals surface area contributed by atoms with Crippen molar-refractivity contribution >= 4 is 52.5 Å². The van der Waals surface area contributed by atoms with Gasteiger partial charge >= 0.3 is 0 Å². The smallest absolute Gasteiger partial charge is 0.272 e. The Kier molecular flexibility index (Phi) is 7.32. The summed E-state index contributed by atoms with van der Waals surface area (Å²) in [4.78, 5) is 31.9. The Morgan fingerprint density at radius 2 is 1.97 bits per heavy atom. The lowest BCUT2D eigenvalue weighted by molar-refractivity contribution is -0.117. The van der Waals surface area contributed by atoms with Crippen molar-refractivity contribution in [3.05, 3.63) is 35.9 Å². The fraction of sp³-hybridized carbons (Fsp3) is 0.391. The number of hydrogen-bond donors (Lipinski definition) is 4. The van der Waals surface area contributed by atoms with Gasteiger partial charge in [-0.15, -0.1) is 10.2 Å². The zero-order valence-corrected chi connectivity index (χ0v) is 22.3. The van der Waals surface area contributed by atoms with E-state index in [-0.39, 0.29) is 29.4 Å². The van der Waals surface area contributed by atoms with E-state index in [2.05, 4.69) is 36.3 Å². The summed E-state index contributed by atoms with van der Waals surface area (Å²) < 4.78 is 11.1. The number of methoxy groups -OCH3 is 1. The van der Waals surface area contributed by atoms with Crippen molar-refractivity contribution in [1.29, 1.82) is 0 Å². The molecule has 1 aromatic carbocycles. The Balaban J connectivity index is 1.44. The van der Waals surface area contributed by atoms with Crippen LogP contribution in [0.25, 0.3) is 11.4 Å². The minimum Gasteiger partial charge on any atom is -0.494 e. The highest BCUT2D eigenvalue weighted by Crippen LogP contribution is 2.37. The summed E-state index contributed by atoms with van der Waals surface area (Å²) in [5, 5.41) is 30.2. The molecule has 16 heteroatoms. The van der Waals surface area contributed by atoms with Crippen molar-refractivity contribution in [1.82, 2.24) is 30.6 Å². The molecule has 3 aromatic rings. The number of rotatable bonds is 10. The number of aliphatic hydroxyl groups is 1. The van der Waals surface area contributed by atoms with Crippen molar-refractivity contribution in [3.63, 3.8) is 0 Å². The number of aliphatic hydroxyl groups excluding tert-OH is 1. The predicted octanol–water partition coefficient (Wildman–Crippen LogP) is -1.96. The van der Waals surface area contributed by atoms with E-state index in [1.54, 1.807) is 24.3 Å². The van der Waals surface area contributed by atoms with Gasteiger partial charge in [-0.25, -0.2) is 0 Å². The molecule has 4 N–H and O–H groups in total. The van der Waals surface area contributed by atoms with Gasteiger partial charge in [-0.3, -0.25) is 14.5 Å². The third-order valence-electron chi connectivity index (χ3n) is 6.19. The number of aromatic nitrogens is 4. The Bertz CT molecular complexity index is 1390. The quantitative estimate of drug-likeness (QED) is 0.215. The molecule has 0 radical (unpaired) electrons. The van der Waals surface area contributed by atoms with E-state index in [0.717, 1.165) is 12.8 Å². The van der Waals surface area contributed by atoms with E-state index < -0.39 is 11.1 Å². The molecule has 2 aliphatic rings. The summed E-state index contributed by atoms with van der Waals surface area (Å²) in [6.07, 6.45) is 1.37. The van der Waals surface area contributed by atoms with E-state index in [0.29, 0.717) is 54.0 Å². The van der Waals surface area contributed by atoms with E-state index in [9.17, 15) is 14.7 Å². The maximum Gasteiger partial charge on any atom is 0.272 e. The molecule has 13 nitrogen and oxygen atoms in total. The first-order chi connectivity index (χ1) is 18.6. The molecule has 200 valence electrons. The molecule has 3 heterocycles. The number of amides is 2. The highest BCUT2D eigenvalue weighted by Gasteiger charge is 2.31. The molecule has 0 atom stereocenters. The second-order valence-electron chi connectivity index (χ2n) is 10.8. The molecule has 39 heavy (non-hydrogen) atoms. The minimum absolute atomic E-state index is 0.0186. The van der Waals surface area contributed by atoms with Gasteiger partial charge in [0.1, 0.15) is 23.5 Å². The van der Waals surface area contributed by atoms with Gasteiger partial charge < -0.3 is 30.3 Å². The molecular weight excluding hydrogens is 501 g/mol. The number of carbonyl (C=O) groups excluding carboxylic acids is 2. The maximum atomic E-state index is 13.1. The van der Waals surface area contributed by atoms with Gasteiger partial charge in [0.2, 0.25) is 17.6 Å². The Hall–Kier alpha value is -3.91. The number of anilines is 3. The summed E-state index contributed by atoms with van der Waals surface area (Å²) >= 11 is 0. The van der Waals surface area contributed by atoms with E-state index in [1.807, 2.05) is 28.4 Å². The number of carbonyl (C=O) groups is 2. The van der Waals surface area contributed by atoms with Crippen LogP contribution in [0.5, 0.6) is 5.75 Å². The van der Waals surface area contributed by atoms with Crippen molar-refractivity contribution < 1.29 is 24.0 Å². The van der Waals surface area contributed by atoms with Crippen molar-refractivity contribution in [2.24, 2.45) is 5.92 Å². The second-order valence-corrected chi connectivity index (χ2v) is 10.8. The Morgan fingerprint density at radius 3 is 2.64 bits per heavy atom. The summed E-state index contributed by atoms with van der Waals surface area (Å²) in [6.45, 7) is 1.57. The highest BCUT2D eigenvalue weighted by molar-refractivity contribution is 6.60. The molecule has 5 rings (SSSR count). The zero-order valence-electron chi connectivity index (χ0n) is 22.3. The third kappa shape index (κ3) is 6.40. The Labute approximate surface area is 227 Å². The first-order valence-electron chi connectivity index (χ1n) is 12.8. The van der Waals surface area contributed by atoms with Crippen LogP contribution in [0, 0.1) is 5.92 Å². The first kappa shape index (κ1) is 26.7. The Morgan fingerprint density at radius 1 is 1.21 bits per heavy atom. The number of benzene rings is 1. The molecule has 2 aromatic heterocycles. The number of nitrogens with zero attached hydrogens (tertiary/aromatic N) is 5. The highest BCUT2D eigenvalue weighted by atomic mass is 16.5. The van der Waals surface area contributed by atoms with Gasteiger partial charge in [0.15, 0.2) is 17.3 Å². The van der Waals surface area contributed by atoms with Crippen molar-refractivity contribution in [3.8, 4) is 17.1 Å². The second kappa shape index (κ2) is 10.7. The van der Waals surface area contributed by atoms with Crippen LogP contribution in [-0.4, -0.2) is 97.2 Å². The van der Waals surface area contributed by atoms with Gasteiger partial charge in [-0.2, -0.15) is 4.98 Å². The zero-order chi connectivity index (χ0) is 27.7. The molecular formula is C23H29B3N8O5. The number of ether oxygens (including phenoxy) is 1. The first-order valence-corrected chi connectivity index (χ1v) is 12.8. The van der Waals surface area contributed by atoms with Crippen LogP contribution in [-0.2, 0) is 11.3 Å². The van der Waals surface area contributed by atoms with E-state index in [1.165, 1.54) is 7.11 Å². The molecule has 0 unspecified atom stereocenters. The van der Waals surface area contributed by atoms with Gasteiger partial charge in [0.25, 0.3) is 5.91 Å². The van der Waals surface area contributed by atoms with Crippen LogP contribution >= 0.6 is 0 Å². The van der Waals surface area contributed by atoms with Crippen LogP contribution in [0.15, 0.2) is 28.8 Å². The molecule has 1 aliphatic heterocycles. The summed E-state index contributed by atoms with van der Waals surface area (Å²) in [5.41, 5.74) is 1.48. The minimum atomic E-state index is -0.503. The number of nitrogens with one attached hydrogen (secondary N) is 3. The number of para-hydroxylation sites is 1. The average Bonchev–Trinajstić information content (AvgIpc) is 3.61. The van der Waals surface area contributed by atoms with Crippen LogP contribution in [0.3, 0.4) is 0 Å². The summed E-state index contributed by atoms with van der Waals surface area (Å²) in [7, 11) is 7.12. The van der Waals surface area contributed by atoms with Gasteiger partial charge in [0, 0.05) is 25.1 Å². The lowest BCUT2D eigenvalue weighted by Gasteiger charge is -2.34.